The molecule has 0 amide bonds. The number of hydrogen-bond acceptors (Lipinski definition) is 5. The smallest absolute Gasteiger partial charge is 0.191 e. The fourth-order valence-electron chi connectivity index (χ4n) is 3.06. The van der Waals surface area contributed by atoms with E-state index in [0.717, 1.165) is 46.6 Å². The van der Waals surface area contributed by atoms with Crippen molar-refractivity contribution in [2.24, 2.45) is 0 Å². The molecule has 0 unspecified atom stereocenters. The molecule has 0 saturated carbocycles. The van der Waals surface area contributed by atoms with Crippen LogP contribution in [0.3, 0.4) is 0 Å². The summed E-state index contributed by atoms with van der Waals surface area (Å²) in [4.78, 5) is 4.37. The first-order valence-corrected chi connectivity index (χ1v) is 10.2. The summed E-state index contributed by atoms with van der Waals surface area (Å²) in [5.74, 6) is 0.847. The zero-order chi connectivity index (χ0) is 19.3. The predicted octanol–water partition coefficient (Wildman–Crippen LogP) is 4.01. The number of hydrogen-bond donors (Lipinski definition) is 0. The van der Waals surface area contributed by atoms with Crippen molar-refractivity contribution in [2.45, 2.75) is 37.7 Å². The van der Waals surface area contributed by atoms with Gasteiger partial charge in [0, 0.05) is 36.3 Å². The van der Waals surface area contributed by atoms with Crippen LogP contribution in [-0.2, 0) is 18.7 Å². The Kier molecular flexibility index (Phi) is 5.53. The second kappa shape index (κ2) is 8.39. The van der Waals surface area contributed by atoms with Crippen LogP contribution in [0.4, 0.5) is 0 Å². The molecule has 0 N–H and O–H groups in total. The Bertz CT molecular complexity index is 1040. The highest BCUT2D eigenvalue weighted by atomic mass is 32.2. The second-order valence-corrected chi connectivity index (χ2v) is 7.61. The first-order valence-electron chi connectivity index (χ1n) is 9.22. The molecule has 6 nitrogen and oxygen atoms in total. The molecule has 0 atom stereocenters. The summed E-state index contributed by atoms with van der Waals surface area (Å²) in [7, 11) is 0. The van der Waals surface area contributed by atoms with Gasteiger partial charge in [-0.2, -0.15) is 5.10 Å². The molecule has 7 heteroatoms. The summed E-state index contributed by atoms with van der Waals surface area (Å²) >= 11 is 1.70. The third kappa shape index (κ3) is 4.31. The van der Waals surface area contributed by atoms with E-state index >= 15 is 0 Å². The third-order valence-corrected chi connectivity index (χ3v) is 5.53. The van der Waals surface area contributed by atoms with Crippen LogP contribution in [-0.4, -0.2) is 29.5 Å². The lowest BCUT2D eigenvalue weighted by molar-refractivity contribution is 0.626. The van der Waals surface area contributed by atoms with E-state index in [-0.39, 0.29) is 0 Å². The van der Waals surface area contributed by atoms with Crippen molar-refractivity contribution < 1.29 is 0 Å². The van der Waals surface area contributed by atoms with Gasteiger partial charge < -0.3 is 4.57 Å². The summed E-state index contributed by atoms with van der Waals surface area (Å²) in [5, 5.41) is 13.8. The van der Waals surface area contributed by atoms with E-state index in [0.29, 0.717) is 0 Å². The first kappa shape index (κ1) is 18.4. The van der Waals surface area contributed by atoms with Crippen molar-refractivity contribution in [1.82, 2.24) is 29.5 Å². The Morgan fingerprint density at radius 3 is 2.61 bits per heavy atom. The van der Waals surface area contributed by atoms with Gasteiger partial charge in [0.1, 0.15) is 6.33 Å². The van der Waals surface area contributed by atoms with Gasteiger partial charge in [-0.1, -0.05) is 30.0 Å². The van der Waals surface area contributed by atoms with Gasteiger partial charge in [0.25, 0.3) is 0 Å². The van der Waals surface area contributed by atoms with Crippen molar-refractivity contribution in [1.29, 1.82) is 0 Å². The van der Waals surface area contributed by atoms with Crippen LogP contribution in [0.25, 0.3) is 5.69 Å². The Morgan fingerprint density at radius 1 is 1.04 bits per heavy atom. The minimum Gasteiger partial charge on any atom is -0.308 e. The molecular weight excluding hydrogens is 368 g/mol. The maximum absolute atomic E-state index is 4.54. The molecule has 3 aromatic heterocycles. The number of pyridine rings is 1. The summed E-state index contributed by atoms with van der Waals surface area (Å²) in [6.07, 6.45) is 4.48. The van der Waals surface area contributed by atoms with E-state index in [9.17, 15) is 0 Å². The van der Waals surface area contributed by atoms with Crippen LogP contribution in [0.15, 0.2) is 66.2 Å². The lowest BCUT2D eigenvalue weighted by Gasteiger charge is -2.08. The van der Waals surface area contributed by atoms with E-state index in [1.165, 1.54) is 5.56 Å². The van der Waals surface area contributed by atoms with Gasteiger partial charge in [0.15, 0.2) is 5.16 Å². The van der Waals surface area contributed by atoms with Crippen molar-refractivity contribution in [3.63, 3.8) is 0 Å². The highest BCUT2D eigenvalue weighted by molar-refractivity contribution is 7.98. The standard InChI is InChI=1S/C21H22N6S/c1-16-13-17(2)27(25-16)20-8-6-18(7-9-20)14-28-21-24-23-15-26(21)12-10-19-5-3-4-11-22-19/h3-9,11,13,15H,10,12,14H2,1-2H3. The van der Waals surface area contributed by atoms with E-state index in [1.807, 2.05) is 36.0 Å². The quantitative estimate of drug-likeness (QED) is 0.446. The van der Waals surface area contributed by atoms with Gasteiger partial charge in [-0.15, -0.1) is 10.2 Å². The largest absolute Gasteiger partial charge is 0.308 e. The second-order valence-electron chi connectivity index (χ2n) is 6.67. The number of aromatic nitrogens is 6. The van der Waals surface area contributed by atoms with Crippen LogP contribution < -0.4 is 0 Å². The van der Waals surface area contributed by atoms with Gasteiger partial charge >= 0.3 is 0 Å². The molecule has 0 bridgehead atoms. The maximum Gasteiger partial charge on any atom is 0.191 e. The number of thioether (sulfide) groups is 1. The van der Waals surface area contributed by atoms with E-state index in [4.69, 9.17) is 0 Å². The molecule has 0 saturated heterocycles. The summed E-state index contributed by atoms with van der Waals surface area (Å²) in [6.45, 7) is 4.91. The normalized spacial score (nSPS) is 11.1. The minimum absolute atomic E-state index is 0.823. The maximum atomic E-state index is 4.54. The monoisotopic (exact) mass is 390 g/mol. The first-order chi connectivity index (χ1) is 13.7. The third-order valence-electron chi connectivity index (χ3n) is 4.47. The molecule has 0 fully saturated rings. The van der Waals surface area contributed by atoms with Crippen LogP contribution in [0.1, 0.15) is 22.6 Å². The van der Waals surface area contributed by atoms with Crippen molar-refractivity contribution in [3.8, 4) is 5.69 Å². The molecule has 0 aliphatic heterocycles. The number of nitrogens with zero attached hydrogens (tertiary/aromatic N) is 6. The lowest BCUT2D eigenvalue weighted by Crippen LogP contribution is -2.03. The topological polar surface area (TPSA) is 61.4 Å². The molecule has 4 aromatic rings. The van der Waals surface area contributed by atoms with E-state index < -0.39 is 0 Å². The number of aryl methyl sites for hydroxylation is 4. The average molecular weight is 391 g/mol. The number of benzene rings is 1. The van der Waals surface area contributed by atoms with Gasteiger partial charge in [0.2, 0.25) is 0 Å². The Balaban J connectivity index is 1.37. The minimum atomic E-state index is 0.823. The Labute approximate surface area is 168 Å². The molecule has 0 aliphatic rings. The van der Waals surface area contributed by atoms with Crippen LogP contribution >= 0.6 is 11.8 Å². The van der Waals surface area contributed by atoms with Crippen LogP contribution in [0.5, 0.6) is 0 Å². The molecular formula is C21H22N6S. The Hall–Kier alpha value is -2.93. The lowest BCUT2D eigenvalue weighted by atomic mass is 10.2. The summed E-state index contributed by atoms with van der Waals surface area (Å²) in [6, 6.07) is 16.6. The van der Waals surface area contributed by atoms with Gasteiger partial charge in [-0.05, 0) is 49.7 Å². The highest BCUT2D eigenvalue weighted by Crippen LogP contribution is 2.22. The Morgan fingerprint density at radius 2 is 1.89 bits per heavy atom. The molecule has 0 aliphatic carbocycles. The zero-order valence-electron chi connectivity index (χ0n) is 16.0. The summed E-state index contributed by atoms with van der Waals surface area (Å²) in [5.41, 5.74) is 5.57. The molecule has 4 rings (SSSR count). The molecule has 0 radical (unpaired) electrons. The SMILES string of the molecule is Cc1cc(C)n(-c2ccc(CSc3nncn3CCc3ccccn3)cc2)n1. The van der Waals surface area contributed by atoms with Gasteiger partial charge in [0.05, 0.1) is 11.4 Å². The fraction of sp³-hybridized carbons (Fsp3) is 0.238. The van der Waals surface area contributed by atoms with Crippen molar-refractivity contribution in [3.05, 3.63) is 83.7 Å². The number of rotatable bonds is 7. The van der Waals surface area contributed by atoms with E-state index in [2.05, 4.69) is 62.1 Å². The van der Waals surface area contributed by atoms with Gasteiger partial charge in [-0.3, -0.25) is 4.98 Å². The molecule has 1 aromatic carbocycles. The molecule has 3 heterocycles. The van der Waals surface area contributed by atoms with Crippen LogP contribution in [0.2, 0.25) is 0 Å². The molecule has 142 valence electrons. The highest BCUT2D eigenvalue weighted by Gasteiger charge is 2.07. The molecule has 0 spiro atoms. The van der Waals surface area contributed by atoms with E-state index in [1.54, 1.807) is 18.1 Å². The zero-order valence-corrected chi connectivity index (χ0v) is 16.8. The average Bonchev–Trinajstić information content (AvgIpc) is 3.31. The molecule has 28 heavy (non-hydrogen) atoms. The van der Waals surface area contributed by atoms with Crippen LogP contribution in [0, 0.1) is 13.8 Å². The van der Waals surface area contributed by atoms with Crippen molar-refractivity contribution in [2.75, 3.05) is 0 Å². The fourth-order valence-corrected chi connectivity index (χ4v) is 3.96. The van der Waals surface area contributed by atoms with Gasteiger partial charge in [-0.25, -0.2) is 4.68 Å². The van der Waals surface area contributed by atoms with Crippen molar-refractivity contribution >= 4 is 11.8 Å². The summed E-state index contributed by atoms with van der Waals surface area (Å²) < 4.78 is 4.06. The predicted molar refractivity (Wildman–Crippen MR) is 111 cm³/mol.